The Morgan fingerprint density at radius 1 is 1.03 bits per heavy atom. The molecule has 0 aliphatic carbocycles. The van der Waals surface area contributed by atoms with E-state index >= 15 is 0 Å². The Labute approximate surface area is 197 Å². The van der Waals surface area contributed by atoms with E-state index in [9.17, 15) is 14.4 Å². The average molecular weight is 462 g/mol. The monoisotopic (exact) mass is 461 g/mol. The number of amides is 3. The topological polar surface area (TPSA) is 97.0 Å². The lowest BCUT2D eigenvalue weighted by molar-refractivity contribution is -0.135. The van der Waals surface area contributed by atoms with Crippen molar-refractivity contribution >= 4 is 17.9 Å². The van der Waals surface area contributed by atoms with E-state index in [1.807, 2.05) is 31.7 Å². The summed E-state index contributed by atoms with van der Waals surface area (Å²) in [4.78, 5) is 38.1. The molecule has 0 aromatic heterocycles. The highest BCUT2D eigenvalue weighted by Crippen LogP contribution is 2.26. The second-order valence-corrected chi connectivity index (χ2v) is 9.75. The second kappa shape index (κ2) is 11.9. The van der Waals surface area contributed by atoms with Gasteiger partial charge in [-0.1, -0.05) is 12.1 Å². The third-order valence-corrected chi connectivity index (χ3v) is 5.79. The summed E-state index contributed by atoms with van der Waals surface area (Å²) >= 11 is 0. The summed E-state index contributed by atoms with van der Waals surface area (Å²) in [6.45, 7) is 13.6. The van der Waals surface area contributed by atoms with E-state index in [2.05, 4.69) is 16.7 Å². The number of hydrogen-bond acceptors (Lipinski definition) is 5. The van der Waals surface area contributed by atoms with Crippen LogP contribution in [-0.4, -0.2) is 61.2 Å². The fraction of sp³-hybridized carbons (Fsp3) is 0.640. The van der Waals surface area contributed by atoms with Gasteiger partial charge in [0.15, 0.2) is 6.61 Å². The van der Waals surface area contributed by atoms with Crippen LogP contribution in [0.4, 0.5) is 4.79 Å². The minimum absolute atomic E-state index is 0.00833. The quantitative estimate of drug-likeness (QED) is 0.619. The fourth-order valence-corrected chi connectivity index (χ4v) is 3.70. The predicted octanol–water partition coefficient (Wildman–Crippen LogP) is 3.26. The Morgan fingerprint density at radius 2 is 1.67 bits per heavy atom. The van der Waals surface area contributed by atoms with Gasteiger partial charge in [-0.15, -0.1) is 0 Å². The Balaban J connectivity index is 1.64. The number of likely N-dealkylation sites (tertiary alicyclic amines) is 1. The number of alkyl carbamates (subject to hydrolysis) is 1. The zero-order valence-electron chi connectivity index (χ0n) is 20.9. The van der Waals surface area contributed by atoms with Crippen molar-refractivity contribution in [3.05, 3.63) is 28.8 Å². The van der Waals surface area contributed by atoms with Crippen molar-refractivity contribution in [3.8, 4) is 5.75 Å². The van der Waals surface area contributed by atoms with Crippen molar-refractivity contribution in [2.24, 2.45) is 5.92 Å². The van der Waals surface area contributed by atoms with Gasteiger partial charge in [0.05, 0.1) is 0 Å². The van der Waals surface area contributed by atoms with Gasteiger partial charge in [0, 0.05) is 32.6 Å². The van der Waals surface area contributed by atoms with Crippen LogP contribution >= 0.6 is 0 Å². The molecule has 184 valence electrons. The normalized spacial score (nSPS) is 14.5. The molecule has 0 saturated carbocycles. The third kappa shape index (κ3) is 8.94. The summed E-state index contributed by atoms with van der Waals surface area (Å²) in [6, 6.07) is 4.07. The van der Waals surface area contributed by atoms with Crippen molar-refractivity contribution < 1.29 is 23.9 Å². The summed E-state index contributed by atoms with van der Waals surface area (Å²) in [5, 5.41) is 5.51. The molecule has 2 N–H and O–H groups in total. The molecule has 8 nitrogen and oxygen atoms in total. The first-order valence-corrected chi connectivity index (χ1v) is 11.7. The van der Waals surface area contributed by atoms with E-state index in [4.69, 9.17) is 9.47 Å². The van der Waals surface area contributed by atoms with E-state index in [0.717, 1.165) is 35.3 Å². The number of ether oxygens (including phenoxy) is 2. The summed E-state index contributed by atoms with van der Waals surface area (Å²) in [7, 11) is 0. The van der Waals surface area contributed by atoms with Crippen LogP contribution in [0, 0.1) is 26.7 Å². The molecule has 1 aromatic rings. The Morgan fingerprint density at radius 3 is 2.30 bits per heavy atom. The molecule has 1 saturated heterocycles. The largest absolute Gasteiger partial charge is 0.483 e. The van der Waals surface area contributed by atoms with Gasteiger partial charge >= 0.3 is 6.09 Å². The summed E-state index contributed by atoms with van der Waals surface area (Å²) in [5.41, 5.74) is 2.68. The van der Waals surface area contributed by atoms with Crippen LogP contribution in [0.15, 0.2) is 12.1 Å². The van der Waals surface area contributed by atoms with Gasteiger partial charge in [0.1, 0.15) is 11.4 Å². The number of piperidine rings is 1. The van der Waals surface area contributed by atoms with Crippen molar-refractivity contribution in [1.82, 2.24) is 15.5 Å². The maximum Gasteiger partial charge on any atom is 0.407 e. The van der Waals surface area contributed by atoms with Crippen molar-refractivity contribution in [2.45, 2.75) is 66.4 Å². The van der Waals surface area contributed by atoms with Crippen molar-refractivity contribution in [3.63, 3.8) is 0 Å². The highest BCUT2D eigenvalue weighted by Gasteiger charge is 2.24. The number of carbonyl (C=O) groups is 3. The molecule has 1 heterocycles. The number of nitrogens with zero attached hydrogens (tertiary/aromatic N) is 1. The number of rotatable bonds is 8. The molecule has 1 aromatic carbocycles. The van der Waals surface area contributed by atoms with E-state index < -0.39 is 11.7 Å². The van der Waals surface area contributed by atoms with E-state index in [-0.39, 0.29) is 31.4 Å². The molecule has 1 fully saturated rings. The summed E-state index contributed by atoms with van der Waals surface area (Å²) < 4.78 is 11.0. The first kappa shape index (κ1) is 26.5. The average Bonchev–Trinajstić information content (AvgIpc) is 2.74. The molecule has 0 bridgehead atoms. The Bertz CT molecular complexity index is 839. The van der Waals surface area contributed by atoms with Gasteiger partial charge in [-0.2, -0.15) is 0 Å². The zero-order valence-corrected chi connectivity index (χ0v) is 20.9. The van der Waals surface area contributed by atoms with Crippen LogP contribution in [0.2, 0.25) is 0 Å². The number of hydrogen-bond donors (Lipinski definition) is 2. The van der Waals surface area contributed by atoms with Gasteiger partial charge in [0.25, 0.3) is 5.91 Å². The van der Waals surface area contributed by atoms with Gasteiger partial charge in [-0.25, -0.2) is 4.79 Å². The van der Waals surface area contributed by atoms with Crippen LogP contribution < -0.4 is 15.4 Å². The number of benzene rings is 1. The van der Waals surface area contributed by atoms with Crippen LogP contribution in [0.1, 0.15) is 56.7 Å². The van der Waals surface area contributed by atoms with Crippen molar-refractivity contribution in [1.29, 1.82) is 0 Å². The number of carbonyl (C=O) groups excluding carboxylic acids is 3. The molecule has 1 aliphatic rings. The third-order valence-electron chi connectivity index (χ3n) is 5.79. The van der Waals surface area contributed by atoms with Gasteiger partial charge < -0.3 is 25.0 Å². The number of aryl methyl sites for hydroxylation is 2. The Hall–Kier alpha value is -2.77. The minimum Gasteiger partial charge on any atom is -0.483 e. The fourth-order valence-electron chi connectivity index (χ4n) is 3.70. The molecule has 0 atom stereocenters. The maximum absolute atomic E-state index is 12.6. The highest BCUT2D eigenvalue weighted by atomic mass is 16.6. The van der Waals surface area contributed by atoms with Crippen LogP contribution in [0.25, 0.3) is 0 Å². The number of nitrogens with one attached hydrogen (secondary N) is 2. The lowest BCUT2D eigenvalue weighted by Crippen LogP contribution is -2.43. The minimum atomic E-state index is -0.562. The van der Waals surface area contributed by atoms with E-state index in [1.54, 1.807) is 20.8 Å². The van der Waals surface area contributed by atoms with E-state index in [1.165, 1.54) is 0 Å². The molecule has 0 spiro atoms. The highest BCUT2D eigenvalue weighted by molar-refractivity contribution is 5.78. The molecule has 8 heteroatoms. The lowest BCUT2D eigenvalue weighted by Gasteiger charge is -2.32. The second-order valence-electron chi connectivity index (χ2n) is 9.75. The van der Waals surface area contributed by atoms with Crippen LogP contribution in [-0.2, 0) is 14.3 Å². The molecular weight excluding hydrogens is 422 g/mol. The molecule has 0 unspecified atom stereocenters. The van der Waals surface area contributed by atoms with Crippen molar-refractivity contribution in [2.75, 3.05) is 32.8 Å². The molecule has 2 rings (SSSR count). The molecule has 1 aliphatic heterocycles. The van der Waals surface area contributed by atoms with Crippen LogP contribution in [0.3, 0.4) is 0 Å². The first-order chi connectivity index (χ1) is 15.5. The summed E-state index contributed by atoms with van der Waals surface area (Å²) in [6.07, 6.45) is 1.35. The van der Waals surface area contributed by atoms with Gasteiger partial charge in [0.2, 0.25) is 5.91 Å². The van der Waals surface area contributed by atoms with Crippen LogP contribution in [0.5, 0.6) is 5.75 Å². The molecule has 33 heavy (non-hydrogen) atoms. The molecule has 0 radical (unpaired) electrons. The predicted molar refractivity (Wildman–Crippen MR) is 127 cm³/mol. The van der Waals surface area contributed by atoms with E-state index in [0.29, 0.717) is 25.6 Å². The molecule has 3 amide bonds. The zero-order chi connectivity index (χ0) is 24.6. The Kier molecular flexibility index (Phi) is 9.56. The lowest BCUT2D eigenvalue weighted by atomic mass is 9.96. The van der Waals surface area contributed by atoms with Gasteiger partial charge in [-0.05, 0) is 77.0 Å². The smallest absolute Gasteiger partial charge is 0.407 e. The maximum atomic E-state index is 12.6. The first-order valence-electron chi connectivity index (χ1n) is 11.7. The SMILES string of the molecule is Cc1ccc(C)c(OCC(=O)N2CCC(CNC(=O)CCNC(=O)OC(C)(C)C)CC2)c1C. The standard InChI is InChI=1S/C25H39N3O5/c1-17-7-8-18(2)23(19(17)3)32-16-22(30)28-13-10-20(11-14-28)15-27-21(29)9-12-26-24(31)33-25(4,5)6/h7-8,20H,9-16H2,1-6H3,(H,26,31)(H,27,29). The van der Waals surface area contributed by atoms with Gasteiger partial charge in [-0.3, -0.25) is 9.59 Å². The molecular formula is C25H39N3O5. The summed E-state index contributed by atoms with van der Waals surface area (Å²) in [5.74, 6) is 1.01.